The van der Waals surface area contributed by atoms with Crippen LogP contribution in [0.25, 0.3) is 10.9 Å². The maximum absolute atomic E-state index is 5.50. The number of rotatable bonds is 4. The van der Waals surface area contributed by atoms with E-state index in [0.717, 1.165) is 60.9 Å². The molecule has 0 atom stereocenters. The van der Waals surface area contributed by atoms with Gasteiger partial charge in [-0.25, -0.2) is 4.98 Å². The monoisotopic (exact) mass is 353 g/mol. The molecule has 0 unspecified atom stereocenters. The lowest BCUT2D eigenvalue weighted by Crippen LogP contribution is -2.46. The predicted octanol–water partition coefficient (Wildman–Crippen LogP) is 2.57. The molecule has 1 aromatic carbocycles. The molecule has 0 saturated carbocycles. The van der Waals surface area contributed by atoms with Crippen molar-refractivity contribution in [1.29, 1.82) is 0 Å². The Morgan fingerprint density at radius 2 is 1.92 bits per heavy atom. The van der Waals surface area contributed by atoms with E-state index < -0.39 is 0 Å². The molecular weight excluding hydrogens is 330 g/mol. The van der Waals surface area contributed by atoms with Crippen molar-refractivity contribution in [2.75, 3.05) is 38.2 Å². The molecule has 7 heteroatoms. The number of fused-ring (bicyclic) bond motifs is 1. The third-order valence-electron chi connectivity index (χ3n) is 4.78. The summed E-state index contributed by atoms with van der Waals surface area (Å²) >= 11 is 0. The third-order valence-corrected chi connectivity index (χ3v) is 4.78. The van der Waals surface area contributed by atoms with E-state index in [-0.39, 0.29) is 0 Å². The Balaban J connectivity index is 1.54. The van der Waals surface area contributed by atoms with Crippen LogP contribution >= 0.6 is 0 Å². The lowest BCUT2D eigenvalue weighted by atomic mass is 10.1. The number of ether oxygens (including phenoxy) is 1. The van der Waals surface area contributed by atoms with Gasteiger partial charge >= 0.3 is 0 Å². The van der Waals surface area contributed by atoms with Crippen molar-refractivity contribution in [2.24, 2.45) is 0 Å². The van der Waals surface area contributed by atoms with Crippen molar-refractivity contribution >= 4 is 16.6 Å². The highest BCUT2D eigenvalue weighted by Crippen LogP contribution is 2.32. The van der Waals surface area contributed by atoms with E-state index in [2.05, 4.69) is 37.1 Å². The van der Waals surface area contributed by atoms with Crippen LogP contribution in [0.2, 0.25) is 0 Å². The molecule has 1 aliphatic heterocycles. The molecule has 0 aliphatic carbocycles. The molecule has 1 saturated heterocycles. The van der Waals surface area contributed by atoms with Gasteiger partial charge in [-0.1, -0.05) is 17.3 Å². The summed E-state index contributed by atoms with van der Waals surface area (Å²) in [4.78, 5) is 13.8. The van der Waals surface area contributed by atoms with E-state index >= 15 is 0 Å². The summed E-state index contributed by atoms with van der Waals surface area (Å²) < 4.78 is 10.6. The Kier molecular flexibility index (Phi) is 4.46. The smallest absolute Gasteiger partial charge is 0.223 e. The fourth-order valence-corrected chi connectivity index (χ4v) is 3.51. The van der Waals surface area contributed by atoms with Crippen molar-refractivity contribution in [3.63, 3.8) is 0 Å². The molecule has 4 rings (SSSR count). The zero-order valence-electron chi connectivity index (χ0n) is 15.4. The Bertz CT molecular complexity index is 915. The molecule has 0 radical (unpaired) electrons. The molecule has 3 aromatic rings. The minimum Gasteiger partial charge on any atom is -0.494 e. The van der Waals surface area contributed by atoms with Gasteiger partial charge in [-0.05, 0) is 19.1 Å². The summed E-state index contributed by atoms with van der Waals surface area (Å²) in [6.45, 7) is 8.40. The highest BCUT2D eigenvalue weighted by Gasteiger charge is 2.21. The van der Waals surface area contributed by atoms with E-state index in [1.54, 1.807) is 7.11 Å². The van der Waals surface area contributed by atoms with E-state index in [0.29, 0.717) is 5.89 Å². The van der Waals surface area contributed by atoms with E-state index in [4.69, 9.17) is 9.26 Å². The molecule has 2 aromatic heterocycles. The number of methoxy groups -OCH3 is 1. The summed E-state index contributed by atoms with van der Waals surface area (Å²) in [6.07, 6.45) is 0. The number of hydrogen-bond acceptors (Lipinski definition) is 7. The summed E-state index contributed by atoms with van der Waals surface area (Å²) in [5.74, 6) is 2.19. The first-order valence-electron chi connectivity index (χ1n) is 8.85. The number of piperazine rings is 1. The summed E-state index contributed by atoms with van der Waals surface area (Å²) in [5, 5.41) is 5.13. The second-order valence-electron chi connectivity index (χ2n) is 6.63. The molecule has 1 fully saturated rings. The quantitative estimate of drug-likeness (QED) is 0.714. The first-order valence-corrected chi connectivity index (χ1v) is 8.85. The Hall–Kier alpha value is -2.67. The third kappa shape index (κ3) is 3.22. The van der Waals surface area contributed by atoms with Gasteiger partial charge < -0.3 is 14.2 Å². The number of aromatic nitrogens is 3. The van der Waals surface area contributed by atoms with E-state index in [1.807, 2.05) is 26.0 Å². The van der Waals surface area contributed by atoms with Gasteiger partial charge in [0.15, 0.2) is 5.82 Å². The minimum atomic E-state index is 0.617. The van der Waals surface area contributed by atoms with Gasteiger partial charge in [-0.15, -0.1) is 0 Å². The topological polar surface area (TPSA) is 67.5 Å². The van der Waals surface area contributed by atoms with Crippen LogP contribution in [-0.2, 0) is 6.54 Å². The second kappa shape index (κ2) is 6.92. The zero-order chi connectivity index (χ0) is 18.1. The largest absolute Gasteiger partial charge is 0.494 e. The van der Waals surface area contributed by atoms with Crippen LogP contribution in [0.15, 0.2) is 28.8 Å². The molecule has 0 N–H and O–H groups in total. The second-order valence-corrected chi connectivity index (χ2v) is 6.63. The lowest BCUT2D eigenvalue weighted by Gasteiger charge is -2.36. The average Bonchev–Trinajstić information content (AvgIpc) is 3.06. The van der Waals surface area contributed by atoms with Crippen LogP contribution in [0.5, 0.6) is 5.75 Å². The van der Waals surface area contributed by atoms with Gasteiger partial charge in [0.1, 0.15) is 11.3 Å². The van der Waals surface area contributed by atoms with Crippen LogP contribution < -0.4 is 9.64 Å². The SMILES string of the molecule is COc1cccc2c(N3CCN(Cc4noc(C)n4)CC3)cc(C)nc12. The van der Waals surface area contributed by atoms with Crippen LogP contribution in [0.3, 0.4) is 0 Å². The zero-order valence-corrected chi connectivity index (χ0v) is 15.4. The first kappa shape index (κ1) is 16.8. The number of hydrogen-bond donors (Lipinski definition) is 0. The molecular formula is C19H23N5O2. The van der Waals surface area contributed by atoms with Crippen molar-refractivity contribution in [3.8, 4) is 5.75 Å². The highest BCUT2D eigenvalue weighted by atomic mass is 16.5. The lowest BCUT2D eigenvalue weighted by molar-refractivity contribution is 0.240. The van der Waals surface area contributed by atoms with Crippen molar-refractivity contribution in [3.05, 3.63) is 41.7 Å². The minimum absolute atomic E-state index is 0.617. The van der Waals surface area contributed by atoms with Crippen LogP contribution in [0.1, 0.15) is 17.4 Å². The van der Waals surface area contributed by atoms with Gasteiger partial charge in [-0.3, -0.25) is 4.90 Å². The summed E-state index contributed by atoms with van der Waals surface area (Å²) in [7, 11) is 1.69. The van der Waals surface area contributed by atoms with Crippen LogP contribution in [0.4, 0.5) is 5.69 Å². The average molecular weight is 353 g/mol. The van der Waals surface area contributed by atoms with Gasteiger partial charge in [0, 0.05) is 49.9 Å². The predicted molar refractivity (Wildman–Crippen MR) is 99.6 cm³/mol. The molecule has 0 amide bonds. The highest BCUT2D eigenvalue weighted by molar-refractivity contribution is 5.95. The normalized spacial score (nSPS) is 15.6. The van der Waals surface area contributed by atoms with E-state index in [1.165, 1.54) is 5.69 Å². The fraction of sp³-hybridized carbons (Fsp3) is 0.421. The maximum atomic E-state index is 5.50. The molecule has 136 valence electrons. The van der Waals surface area contributed by atoms with Crippen LogP contribution in [0, 0.1) is 13.8 Å². The number of pyridine rings is 1. The Morgan fingerprint density at radius 3 is 2.62 bits per heavy atom. The summed E-state index contributed by atoms with van der Waals surface area (Å²) in [6, 6.07) is 8.27. The summed E-state index contributed by atoms with van der Waals surface area (Å²) in [5.41, 5.74) is 3.15. The number of nitrogens with zero attached hydrogens (tertiary/aromatic N) is 5. The maximum Gasteiger partial charge on any atom is 0.223 e. The number of para-hydroxylation sites is 1. The Morgan fingerprint density at radius 1 is 1.12 bits per heavy atom. The van der Waals surface area contributed by atoms with Gasteiger partial charge in [0.05, 0.1) is 13.7 Å². The van der Waals surface area contributed by atoms with Crippen molar-refractivity contribution in [1.82, 2.24) is 20.0 Å². The van der Waals surface area contributed by atoms with E-state index in [9.17, 15) is 0 Å². The fourth-order valence-electron chi connectivity index (χ4n) is 3.51. The van der Waals surface area contributed by atoms with Gasteiger partial charge in [0.25, 0.3) is 0 Å². The number of benzene rings is 1. The number of aryl methyl sites for hydroxylation is 2. The number of anilines is 1. The Labute approximate surface area is 152 Å². The molecule has 0 bridgehead atoms. The van der Waals surface area contributed by atoms with Gasteiger partial charge in [-0.2, -0.15) is 4.98 Å². The standard InChI is InChI=1S/C19H23N5O2/c1-13-11-16(15-5-4-6-17(25-3)19(15)20-13)24-9-7-23(8-10-24)12-18-21-14(2)26-22-18/h4-6,11H,7-10,12H2,1-3H3. The molecule has 1 aliphatic rings. The molecule has 0 spiro atoms. The molecule has 7 nitrogen and oxygen atoms in total. The van der Waals surface area contributed by atoms with Crippen molar-refractivity contribution < 1.29 is 9.26 Å². The molecule has 26 heavy (non-hydrogen) atoms. The van der Waals surface area contributed by atoms with Gasteiger partial charge in [0.2, 0.25) is 5.89 Å². The molecule has 3 heterocycles. The first-order chi connectivity index (χ1) is 12.6. The van der Waals surface area contributed by atoms with Crippen LogP contribution in [-0.4, -0.2) is 53.3 Å². The van der Waals surface area contributed by atoms with Crippen molar-refractivity contribution in [2.45, 2.75) is 20.4 Å².